The molecular weight excluding hydrogens is 246 g/mol. The molecule has 0 aliphatic heterocycles. The molecule has 1 heterocycles. The van der Waals surface area contributed by atoms with Crippen LogP contribution in [0.5, 0.6) is 0 Å². The predicted octanol–water partition coefficient (Wildman–Crippen LogP) is 3.94. The Morgan fingerprint density at radius 3 is 2.80 bits per heavy atom. The van der Waals surface area contributed by atoms with Crippen LogP contribution in [0.15, 0.2) is 30.5 Å². The van der Waals surface area contributed by atoms with Crippen molar-refractivity contribution in [2.75, 3.05) is 6.54 Å². The molecule has 0 aliphatic rings. The molecule has 0 saturated heterocycles. The molecule has 0 spiro atoms. The summed E-state index contributed by atoms with van der Waals surface area (Å²) in [5, 5.41) is 8.05. The van der Waals surface area contributed by atoms with Crippen molar-refractivity contribution in [3.63, 3.8) is 0 Å². The first-order chi connectivity index (χ1) is 9.65. The average molecular weight is 271 g/mol. The average Bonchev–Trinajstić information content (AvgIpc) is 2.80. The van der Waals surface area contributed by atoms with E-state index < -0.39 is 0 Å². The van der Waals surface area contributed by atoms with E-state index in [4.69, 9.17) is 0 Å². The topological polar surface area (TPSA) is 29.9 Å². The first kappa shape index (κ1) is 14.8. The third-order valence-electron chi connectivity index (χ3n) is 3.61. The Labute approximate surface area is 122 Å². The molecule has 2 aromatic rings. The van der Waals surface area contributed by atoms with Crippen molar-refractivity contribution in [3.8, 4) is 11.1 Å². The molecular formula is C17H25N3. The van der Waals surface area contributed by atoms with Crippen LogP contribution in [0.2, 0.25) is 0 Å². The van der Waals surface area contributed by atoms with E-state index in [0.717, 1.165) is 25.2 Å². The third kappa shape index (κ3) is 3.28. The van der Waals surface area contributed by atoms with Crippen LogP contribution in [0.1, 0.15) is 44.5 Å². The van der Waals surface area contributed by atoms with Gasteiger partial charge < -0.3 is 5.32 Å². The van der Waals surface area contributed by atoms with Gasteiger partial charge in [-0.2, -0.15) is 5.10 Å². The fourth-order valence-corrected chi connectivity index (χ4v) is 2.54. The quantitative estimate of drug-likeness (QED) is 0.862. The summed E-state index contributed by atoms with van der Waals surface area (Å²) in [6.45, 7) is 10.6. The molecule has 0 bridgehead atoms. The summed E-state index contributed by atoms with van der Waals surface area (Å²) in [5.74, 6) is 0. The van der Waals surface area contributed by atoms with E-state index in [9.17, 15) is 0 Å². The monoisotopic (exact) mass is 271 g/mol. The van der Waals surface area contributed by atoms with Crippen LogP contribution in [-0.4, -0.2) is 16.3 Å². The van der Waals surface area contributed by atoms with Crippen molar-refractivity contribution in [2.24, 2.45) is 0 Å². The maximum Gasteiger partial charge on any atom is 0.0672 e. The molecule has 2 rings (SSSR count). The van der Waals surface area contributed by atoms with Gasteiger partial charge in [0.15, 0.2) is 0 Å². The van der Waals surface area contributed by atoms with Crippen molar-refractivity contribution in [1.29, 1.82) is 0 Å². The molecule has 20 heavy (non-hydrogen) atoms. The third-order valence-corrected chi connectivity index (χ3v) is 3.61. The second kappa shape index (κ2) is 6.71. The normalized spacial score (nSPS) is 12.6. The Balaban J connectivity index is 2.30. The lowest BCUT2D eigenvalue weighted by molar-refractivity contribution is 0.598. The van der Waals surface area contributed by atoms with Crippen molar-refractivity contribution in [3.05, 3.63) is 41.7 Å². The summed E-state index contributed by atoms with van der Waals surface area (Å²) in [4.78, 5) is 0. The smallest absolute Gasteiger partial charge is 0.0672 e. The maximum atomic E-state index is 4.59. The molecule has 0 fully saturated rings. The Morgan fingerprint density at radius 2 is 2.10 bits per heavy atom. The second-order valence-electron chi connectivity index (χ2n) is 5.30. The van der Waals surface area contributed by atoms with Gasteiger partial charge in [0.2, 0.25) is 0 Å². The van der Waals surface area contributed by atoms with Crippen LogP contribution < -0.4 is 5.32 Å². The minimum absolute atomic E-state index is 0.381. The van der Waals surface area contributed by atoms with Crippen LogP contribution in [0.4, 0.5) is 0 Å². The first-order valence-corrected chi connectivity index (χ1v) is 7.53. The van der Waals surface area contributed by atoms with Crippen molar-refractivity contribution >= 4 is 0 Å². The summed E-state index contributed by atoms with van der Waals surface area (Å²) in [6.07, 6.45) is 3.27. The molecule has 0 radical (unpaired) electrons. The summed E-state index contributed by atoms with van der Waals surface area (Å²) in [7, 11) is 0. The zero-order chi connectivity index (χ0) is 14.5. The van der Waals surface area contributed by atoms with Gasteiger partial charge in [0, 0.05) is 24.3 Å². The van der Waals surface area contributed by atoms with Crippen LogP contribution in [0, 0.1) is 6.92 Å². The van der Waals surface area contributed by atoms with Gasteiger partial charge in [-0.25, -0.2) is 0 Å². The van der Waals surface area contributed by atoms with Gasteiger partial charge in [0.25, 0.3) is 0 Å². The highest BCUT2D eigenvalue weighted by Gasteiger charge is 2.09. The Hall–Kier alpha value is -1.61. The fraction of sp³-hybridized carbons (Fsp3) is 0.471. The standard InChI is InChI=1S/C17H25N3/c1-5-10-20-12-17(14(4)19-20)16-9-7-8-15(11-16)13(3)18-6-2/h7-9,11-13,18H,5-6,10H2,1-4H3. The Bertz CT molecular complexity index is 557. The fourth-order valence-electron chi connectivity index (χ4n) is 2.54. The highest BCUT2D eigenvalue weighted by molar-refractivity contribution is 5.65. The highest BCUT2D eigenvalue weighted by Crippen LogP contribution is 2.25. The number of nitrogens with one attached hydrogen (secondary N) is 1. The van der Waals surface area contributed by atoms with Crippen molar-refractivity contribution in [2.45, 2.75) is 46.7 Å². The van der Waals surface area contributed by atoms with E-state index in [1.165, 1.54) is 16.7 Å². The van der Waals surface area contributed by atoms with E-state index in [1.807, 2.05) is 4.68 Å². The van der Waals surface area contributed by atoms with Gasteiger partial charge in [0.05, 0.1) is 5.69 Å². The summed E-state index contributed by atoms with van der Waals surface area (Å²) in [5.41, 5.74) is 4.93. The number of hydrogen-bond donors (Lipinski definition) is 1. The van der Waals surface area contributed by atoms with Gasteiger partial charge in [-0.3, -0.25) is 4.68 Å². The molecule has 1 atom stereocenters. The highest BCUT2D eigenvalue weighted by atomic mass is 15.3. The Morgan fingerprint density at radius 1 is 1.30 bits per heavy atom. The van der Waals surface area contributed by atoms with E-state index in [2.05, 4.69) is 68.6 Å². The number of aromatic nitrogens is 2. The minimum atomic E-state index is 0.381. The number of hydrogen-bond acceptors (Lipinski definition) is 2. The molecule has 108 valence electrons. The predicted molar refractivity (Wildman–Crippen MR) is 84.8 cm³/mol. The van der Waals surface area contributed by atoms with Crippen LogP contribution >= 0.6 is 0 Å². The molecule has 0 saturated carbocycles. The second-order valence-corrected chi connectivity index (χ2v) is 5.30. The van der Waals surface area contributed by atoms with Gasteiger partial charge in [0.1, 0.15) is 0 Å². The summed E-state index contributed by atoms with van der Waals surface area (Å²) >= 11 is 0. The summed E-state index contributed by atoms with van der Waals surface area (Å²) < 4.78 is 2.05. The molecule has 1 unspecified atom stereocenters. The number of nitrogens with zero attached hydrogens (tertiary/aromatic N) is 2. The van der Waals surface area contributed by atoms with Crippen molar-refractivity contribution < 1.29 is 0 Å². The van der Waals surface area contributed by atoms with Crippen molar-refractivity contribution in [1.82, 2.24) is 15.1 Å². The number of benzene rings is 1. The molecule has 1 aromatic carbocycles. The molecule has 3 nitrogen and oxygen atoms in total. The van der Waals surface area contributed by atoms with E-state index in [0.29, 0.717) is 6.04 Å². The Kier molecular flexibility index (Phi) is 4.96. The zero-order valence-corrected chi connectivity index (χ0v) is 13.0. The largest absolute Gasteiger partial charge is 0.310 e. The SMILES string of the molecule is CCCn1cc(-c2cccc(C(C)NCC)c2)c(C)n1. The summed E-state index contributed by atoms with van der Waals surface area (Å²) in [6, 6.07) is 9.14. The van der Waals surface area contributed by atoms with Gasteiger partial charge in [-0.1, -0.05) is 32.0 Å². The molecule has 1 aromatic heterocycles. The molecule has 3 heteroatoms. The zero-order valence-electron chi connectivity index (χ0n) is 13.0. The lowest BCUT2D eigenvalue weighted by Crippen LogP contribution is -2.17. The number of aryl methyl sites for hydroxylation is 2. The molecule has 1 N–H and O–H groups in total. The number of rotatable bonds is 6. The van der Waals surface area contributed by atoms with Gasteiger partial charge in [-0.15, -0.1) is 0 Å². The van der Waals surface area contributed by atoms with E-state index in [1.54, 1.807) is 0 Å². The van der Waals surface area contributed by atoms with Crippen LogP contribution in [0.3, 0.4) is 0 Å². The van der Waals surface area contributed by atoms with Crippen LogP contribution in [0.25, 0.3) is 11.1 Å². The maximum absolute atomic E-state index is 4.59. The lowest BCUT2D eigenvalue weighted by atomic mass is 10.0. The van der Waals surface area contributed by atoms with E-state index in [-0.39, 0.29) is 0 Å². The lowest BCUT2D eigenvalue weighted by Gasteiger charge is -2.13. The molecule has 0 aliphatic carbocycles. The molecule has 0 amide bonds. The van der Waals surface area contributed by atoms with Crippen LogP contribution in [-0.2, 0) is 6.54 Å². The van der Waals surface area contributed by atoms with Gasteiger partial charge >= 0.3 is 0 Å². The van der Waals surface area contributed by atoms with Gasteiger partial charge in [-0.05, 0) is 44.0 Å². The minimum Gasteiger partial charge on any atom is -0.310 e. The first-order valence-electron chi connectivity index (χ1n) is 7.53. The van der Waals surface area contributed by atoms with E-state index >= 15 is 0 Å².